The Bertz CT molecular complexity index is 784. The monoisotopic (exact) mass is 390 g/mol. The molecule has 0 bridgehead atoms. The maximum absolute atomic E-state index is 6.21. The van der Waals surface area contributed by atoms with Crippen molar-refractivity contribution in [3.8, 4) is 11.5 Å². The Morgan fingerprint density at radius 3 is 2.77 bits per heavy atom. The molecule has 1 atom stereocenters. The van der Waals surface area contributed by atoms with Crippen LogP contribution in [0.1, 0.15) is 18.9 Å². The van der Waals surface area contributed by atoms with E-state index in [1.54, 1.807) is 0 Å². The van der Waals surface area contributed by atoms with Crippen LogP contribution in [0.4, 0.5) is 5.69 Å². The Labute approximate surface area is 165 Å². The number of halogens is 1. The third-order valence-corrected chi connectivity index (χ3v) is 4.96. The van der Waals surface area contributed by atoms with Gasteiger partial charge in [-0.1, -0.05) is 36.7 Å². The van der Waals surface area contributed by atoms with Crippen molar-refractivity contribution in [3.05, 3.63) is 53.1 Å². The summed E-state index contributed by atoms with van der Waals surface area (Å²) in [4.78, 5) is 2.12. The van der Waals surface area contributed by atoms with Gasteiger partial charge in [0.05, 0.1) is 6.54 Å². The molecule has 6 heteroatoms. The minimum absolute atomic E-state index is 0.0715. The average Bonchev–Trinajstić information content (AvgIpc) is 2.64. The van der Waals surface area contributed by atoms with Crippen LogP contribution in [0.15, 0.2) is 42.5 Å². The highest BCUT2D eigenvalue weighted by Crippen LogP contribution is 2.31. The Hall–Kier alpha value is -1.98. The van der Waals surface area contributed by atoms with Crippen LogP contribution in [-0.4, -0.2) is 35.8 Å². The summed E-state index contributed by atoms with van der Waals surface area (Å²) in [5.74, 6) is 1.57. The van der Waals surface area contributed by atoms with Gasteiger partial charge in [0.25, 0.3) is 0 Å². The first kappa shape index (κ1) is 18.8. The highest BCUT2D eigenvalue weighted by atomic mass is 35.5. The molecule has 1 aliphatic rings. The van der Waals surface area contributed by atoms with Crippen LogP contribution in [0.3, 0.4) is 0 Å². The molecule has 138 valence electrons. The van der Waals surface area contributed by atoms with E-state index in [1.165, 1.54) is 0 Å². The second kappa shape index (κ2) is 8.60. The van der Waals surface area contributed by atoms with Crippen molar-refractivity contribution in [1.29, 1.82) is 0 Å². The summed E-state index contributed by atoms with van der Waals surface area (Å²) in [5.41, 5.74) is 1.93. The third kappa shape index (κ3) is 4.59. The molecule has 1 N–H and O–H groups in total. The molecule has 0 fully saturated rings. The predicted molar refractivity (Wildman–Crippen MR) is 111 cm³/mol. The number of aryl methyl sites for hydroxylation is 1. The molecule has 1 aliphatic heterocycles. The van der Waals surface area contributed by atoms with E-state index in [1.807, 2.05) is 49.4 Å². The first-order valence-electron chi connectivity index (χ1n) is 8.77. The zero-order chi connectivity index (χ0) is 18.5. The van der Waals surface area contributed by atoms with Gasteiger partial charge in [0, 0.05) is 17.3 Å². The average molecular weight is 391 g/mol. The molecule has 0 spiro atoms. The van der Waals surface area contributed by atoms with Gasteiger partial charge >= 0.3 is 0 Å². The number of thiocarbonyl (C=S) groups is 1. The molecule has 0 amide bonds. The van der Waals surface area contributed by atoms with Crippen LogP contribution in [0.2, 0.25) is 5.02 Å². The lowest BCUT2D eigenvalue weighted by Gasteiger charge is -2.32. The minimum Gasteiger partial charge on any atom is -0.486 e. The largest absolute Gasteiger partial charge is 0.486 e. The Morgan fingerprint density at radius 1 is 1.27 bits per heavy atom. The zero-order valence-corrected chi connectivity index (χ0v) is 16.6. The molecule has 1 heterocycles. The van der Waals surface area contributed by atoms with Gasteiger partial charge in [0.1, 0.15) is 6.61 Å². The summed E-state index contributed by atoms with van der Waals surface area (Å²) >= 11 is 11.8. The first-order valence-corrected chi connectivity index (χ1v) is 9.56. The number of fused-ring (bicyclic) bond motifs is 1. The molecule has 2 aromatic carbocycles. The van der Waals surface area contributed by atoms with E-state index in [4.69, 9.17) is 33.3 Å². The number of ether oxygens (including phenoxy) is 2. The molecule has 0 aromatic heterocycles. The second-order valence-electron chi connectivity index (χ2n) is 6.34. The van der Waals surface area contributed by atoms with Crippen molar-refractivity contribution in [2.75, 3.05) is 25.0 Å². The molecular weight excluding hydrogens is 368 g/mol. The van der Waals surface area contributed by atoms with Crippen molar-refractivity contribution in [2.45, 2.75) is 26.4 Å². The lowest BCUT2D eigenvalue weighted by molar-refractivity contribution is 0.0746. The van der Waals surface area contributed by atoms with E-state index < -0.39 is 0 Å². The van der Waals surface area contributed by atoms with E-state index in [9.17, 15) is 0 Å². The van der Waals surface area contributed by atoms with Gasteiger partial charge in [0.15, 0.2) is 22.7 Å². The summed E-state index contributed by atoms with van der Waals surface area (Å²) in [6, 6.07) is 13.6. The molecule has 0 radical (unpaired) electrons. The van der Waals surface area contributed by atoms with Gasteiger partial charge < -0.3 is 19.7 Å². The first-order chi connectivity index (χ1) is 12.6. The van der Waals surface area contributed by atoms with Crippen LogP contribution in [-0.2, 0) is 0 Å². The van der Waals surface area contributed by atoms with Gasteiger partial charge in [-0.25, -0.2) is 0 Å². The van der Waals surface area contributed by atoms with Crippen molar-refractivity contribution < 1.29 is 9.47 Å². The smallest absolute Gasteiger partial charge is 0.173 e. The molecular formula is C20H23ClN2O2S. The molecule has 0 aliphatic carbocycles. The van der Waals surface area contributed by atoms with Crippen LogP contribution in [0, 0.1) is 6.92 Å². The summed E-state index contributed by atoms with van der Waals surface area (Å²) in [6.07, 6.45) is 0.915. The predicted octanol–water partition coefficient (Wildman–Crippen LogP) is 4.90. The number of para-hydroxylation sites is 2. The Kier molecular flexibility index (Phi) is 6.22. The number of hydrogen-bond donors (Lipinski definition) is 1. The van der Waals surface area contributed by atoms with Gasteiger partial charge in [-0.05, 0) is 55.4 Å². The maximum Gasteiger partial charge on any atom is 0.173 e. The number of benzene rings is 2. The number of anilines is 1. The van der Waals surface area contributed by atoms with Crippen molar-refractivity contribution in [2.24, 2.45) is 0 Å². The van der Waals surface area contributed by atoms with E-state index in [2.05, 4.69) is 17.1 Å². The standard InChI is InChI=1S/C20H23ClN2O2S/c1-3-10-23(20(26)22-15-9-8-14(2)17(21)11-15)12-16-13-24-18-6-4-5-7-19(18)25-16/h4-9,11,16H,3,10,12-13H2,1-2H3,(H,22,26)/t16-/m0/s1. The van der Waals surface area contributed by atoms with Gasteiger partial charge in [-0.15, -0.1) is 0 Å². The van der Waals surface area contributed by atoms with Gasteiger partial charge in [-0.3, -0.25) is 0 Å². The molecule has 3 rings (SSSR count). The van der Waals surface area contributed by atoms with Crippen molar-refractivity contribution >= 4 is 34.6 Å². The van der Waals surface area contributed by atoms with Crippen LogP contribution in [0.5, 0.6) is 11.5 Å². The second-order valence-corrected chi connectivity index (χ2v) is 7.13. The third-order valence-electron chi connectivity index (χ3n) is 4.20. The number of hydrogen-bond acceptors (Lipinski definition) is 3. The normalized spacial score (nSPS) is 15.4. The Balaban J connectivity index is 1.65. The fraction of sp³-hybridized carbons (Fsp3) is 0.350. The fourth-order valence-corrected chi connectivity index (χ4v) is 3.28. The highest BCUT2D eigenvalue weighted by molar-refractivity contribution is 7.80. The van der Waals surface area contributed by atoms with E-state index in [-0.39, 0.29) is 6.10 Å². The van der Waals surface area contributed by atoms with Crippen molar-refractivity contribution in [3.63, 3.8) is 0 Å². The Morgan fingerprint density at radius 2 is 2.04 bits per heavy atom. The summed E-state index contributed by atoms with van der Waals surface area (Å²) in [6.45, 7) is 6.12. The maximum atomic E-state index is 6.21. The summed E-state index contributed by atoms with van der Waals surface area (Å²) < 4.78 is 11.9. The highest BCUT2D eigenvalue weighted by Gasteiger charge is 2.24. The SMILES string of the molecule is CCCN(C[C@H]1COc2ccccc2O1)C(=S)Nc1ccc(C)c(Cl)c1. The van der Waals surface area contributed by atoms with E-state index in [0.29, 0.717) is 18.3 Å². The number of nitrogens with zero attached hydrogens (tertiary/aromatic N) is 1. The number of rotatable bonds is 5. The quantitative estimate of drug-likeness (QED) is 0.734. The van der Waals surface area contributed by atoms with Crippen molar-refractivity contribution in [1.82, 2.24) is 4.90 Å². The molecule has 26 heavy (non-hydrogen) atoms. The van der Waals surface area contributed by atoms with E-state index >= 15 is 0 Å². The molecule has 0 saturated carbocycles. The topological polar surface area (TPSA) is 33.7 Å². The summed E-state index contributed by atoms with van der Waals surface area (Å²) in [5, 5.41) is 4.66. The molecule has 0 saturated heterocycles. The van der Waals surface area contributed by atoms with Gasteiger partial charge in [-0.2, -0.15) is 0 Å². The number of nitrogens with one attached hydrogen (secondary N) is 1. The minimum atomic E-state index is -0.0715. The lowest BCUT2D eigenvalue weighted by Crippen LogP contribution is -2.45. The molecule has 2 aromatic rings. The zero-order valence-electron chi connectivity index (χ0n) is 15.0. The fourth-order valence-electron chi connectivity index (χ4n) is 2.82. The molecule has 4 nitrogen and oxygen atoms in total. The van der Waals surface area contributed by atoms with Gasteiger partial charge in [0.2, 0.25) is 0 Å². The summed E-state index contributed by atoms with van der Waals surface area (Å²) in [7, 11) is 0. The molecule has 0 unspecified atom stereocenters. The lowest BCUT2D eigenvalue weighted by atomic mass is 10.2. The van der Waals surface area contributed by atoms with Crippen LogP contribution >= 0.6 is 23.8 Å². The van der Waals surface area contributed by atoms with Crippen LogP contribution < -0.4 is 14.8 Å². The van der Waals surface area contributed by atoms with Crippen LogP contribution in [0.25, 0.3) is 0 Å². The van der Waals surface area contributed by atoms with E-state index in [0.717, 1.165) is 40.7 Å².